The van der Waals surface area contributed by atoms with Crippen molar-refractivity contribution in [3.8, 4) is 0 Å². The third-order valence-electron chi connectivity index (χ3n) is 5.61. The fourth-order valence-corrected chi connectivity index (χ4v) is 4.53. The molecule has 2 heterocycles. The van der Waals surface area contributed by atoms with Crippen molar-refractivity contribution >= 4 is 23.6 Å². The molecule has 28 heavy (non-hydrogen) atoms. The zero-order valence-corrected chi connectivity index (χ0v) is 15.3. The highest BCUT2D eigenvalue weighted by Crippen LogP contribution is 2.60. The Morgan fingerprint density at radius 2 is 1.96 bits per heavy atom. The van der Waals surface area contributed by atoms with E-state index in [0.717, 1.165) is 7.11 Å². The van der Waals surface area contributed by atoms with Gasteiger partial charge in [-0.1, -0.05) is 11.2 Å². The van der Waals surface area contributed by atoms with Gasteiger partial charge >= 0.3 is 17.9 Å². The second kappa shape index (κ2) is 6.40. The first-order valence-electron chi connectivity index (χ1n) is 8.74. The second-order valence-electron chi connectivity index (χ2n) is 6.79. The topological polar surface area (TPSA) is 110 Å². The average Bonchev–Trinajstić information content (AvgIpc) is 3.23. The van der Waals surface area contributed by atoms with E-state index in [-0.39, 0.29) is 17.9 Å². The molecular formula is C18H18FNO8. The first-order chi connectivity index (χ1) is 13.4. The highest BCUT2D eigenvalue weighted by Gasteiger charge is 2.75. The van der Waals surface area contributed by atoms with Crippen LogP contribution in [0.25, 0.3) is 0 Å². The Morgan fingerprint density at radius 3 is 2.61 bits per heavy atom. The van der Waals surface area contributed by atoms with E-state index in [2.05, 4.69) is 5.16 Å². The number of halogens is 1. The molecule has 10 heteroatoms. The van der Waals surface area contributed by atoms with Crippen molar-refractivity contribution < 1.29 is 42.6 Å². The third kappa shape index (κ3) is 2.20. The van der Waals surface area contributed by atoms with E-state index in [0.29, 0.717) is 0 Å². The third-order valence-corrected chi connectivity index (χ3v) is 5.61. The molecule has 0 saturated carbocycles. The van der Waals surface area contributed by atoms with Gasteiger partial charge in [0.1, 0.15) is 11.9 Å². The Balaban J connectivity index is 1.83. The lowest BCUT2D eigenvalue weighted by Gasteiger charge is -2.46. The van der Waals surface area contributed by atoms with Gasteiger partial charge < -0.3 is 23.8 Å². The Labute approximate surface area is 159 Å². The van der Waals surface area contributed by atoms with Crippen LogP contribution < -0.4 is 0 Å². The summed E-state index contributed by atoms with van der Waals surface area (Å²) < 4.78 is 35.0. The minimum Gasteiger partial charge on any atom is -0.467 e. The van der Waals surface area contributed by atoms with E-state index < -0.39 is 59.3 Å². The van der Waals surface area contributed by atoms with Gasteiger partial charge in [0, 0.05) is 5.57 Å². The average molecular weight is 395 g/mol. The van der Waals surface area contributed by atoms with Gasteiger partial charge in [-0.3, -0.25) is 0 Å². The summed E-state index contributed by atoms with van der Waals surface area (Å²) in [6.45, 7) is 1.78. The number of carbonyl (C=O) groups excluding carboxylic acids is 3. The van der Waals surface area contributed by atoms with Crippen molar-refractivity contribution in [2.45, 2.75) is 24.7 Å². The van der Waals surface area contributed by atoms with E-state index in [1.54, 1.807) is 6.92 Å². The molecule has 0 aromatic rings. The Hall–Kier alpha value is -2.75. The number of carbonyl (C=O) groups is 3. The predicted octanol–water partition coefficient (Wildman–Crippen LogP) is 0.443. The molecule has 3 aliphatic carbocycles. The predicted molar refractivity (Wildman–Crippen MR) is 88.3 cm³/mol. The largest absolute Gasteiger partial charge is 0.467 e. The standard InChI is InChI=1S/C18H18FNO8/c1-4-26-15(21)7-5-8-10(19)6-9(7)18-11(12(20-28-18)16(22)24-2)13(17(23)25-3)27-14(8)18/h5-6,8-9,11,13-14H,4H2,1-3H3/t8-,9-,11-,13-,14+,18-/m0/s1. The molecular weight excluding hydrogens is 377 g/mol. The van der Waals surface area contributed by atoms with Gasteiger partial charge in [-0.15, -0.1) is 0 Å². The molecule has 5 rings (SSSR count). The molecule has 0 amide bonds. The summed E-state index contributed by atoms with van der Waals surface area (Å²) in [5.74, 6) is -5.73. The first-order valence-corrected chi connectivity index (χ1v) is 8.74. The van der Waals surface area contributed by atoms with Gasteiger partial charge in [-0.25, -0.2) is 18.8 Å². The van der Waals surface area contributed by atoms with Gasteiger partial charge in [-0.2, -0.15) is 0 Å². The van der Waals surface area contributed by atoms with Crippen LogP contribution in [0.3, 0.4) is 0 Å². The highest BCUT2D eigenvalue weighted by molar-refractivity contribution is 6.38. The van der Waals surface area contributed by atoms with Crippen LogP contribution in [0.1, 0.15) is 6.92 Å². The summed E-state index contributed by atoms with van der Waals surface area (Å²) in [4.78, 5) is 42.7. The molecule has 150 valence electrons. The molecule has 1 spiro atoms. The van der Waals surface area contributed by atoms with Gasteiger partial charge in [0.2, 0.25) is 0 Å². The normalized spacial score (nSPS) is 37.0. The number of hydrogen-bond donors (Lipinski definition) is 0. The number of nitrogens with zero attached hydrogens (tertiary/aromatic N) is 1. The Bertz CT molecular complexity index is 849. The van der Waals surface area contributed by atoms with Gasteiger partial charge in [0.05, 0.1) is 38.6 Å². The maximum absolute atomic E-state index is 14.6. The van der Waals surface area contributed by atoms with E-state index in [1.165, 1.54) is 19.3 Å². The summed E-state index contributed by atoms with van der Waals surface area (Å²) in [5.41, 5.74) is -1.46. The van der Waals surface area contributed by atoms with Crippen LogP contribution in [0.15, 0.2) is 28.7 Å². The van der Waals surface area contributed by atoms with Crippen LogP contribution in [0.5, 0.6) is 0 Å². The maximum Gasteiger partial charge on any atom is 0.356 e. The zero-order valence-electron chi connectivity index (χ0n) is 15.3. The van der Waals surface area contributed by atoms with Crippen LogP contribution in [0, 0.1) is 17.8 Å². The molecule has 1 fully saturated rings. The summed E-state index contributed by atoms with van der Waals surface area (Å²) in [6.07, 6.45) is 0.402. The van der Waals surface area contributed by atoms with Crippen LogP contribution in [-0.2, 0) is 38.2 Å². The van der Waals surface area contributed by atoms with Crippen LogP contribution in [0.2, 0.25) is 0 Å². The minimum atomic E-state index is -1.46. The fourth-order valence-electron chi connectivity index (χ4n) is 4.53. The molecule has 5 aliphatic rings. The molecule has 2 aliphatic heterocycles. The van der Waals surface area contributed by atoms with Crippen LogP contribution in [0.4, 0.5) is 4.39 Å². The number of esters is 3. The van der Waals surface area contributed by atoms with E-state index in [9.17, 15) is 18.8 Å². The van der Waals surface area contributed by atoms with Crippen molar-refractivity contribution in [2.75, 3.05) is 20.8 Å². The molecule has 0 radical (unpaired) electrons. The van der Waals surface area contributed by atoms with Crippen LogP contribution >= 0.6 is 0 Å². The lowest BCUT2D eigenvalue weighted by molar-refractivity contribution is -0.160. The molecule has 1 saturated heterocycles. The summed E-state index contributed by atoms with van der Waals surface area (Å²) >= 11 is 0. The lowest BCUT2D eigenvalue weighted by atomic mass is 9.59. The Kier molecular flexibility index (Phi) is 4.25. The highest BCUT2D eigenvalue weighted by atomic mass is 19.1. The number of hydrogen-bond acceptors (Lipinski definition) is 9. The smallest absolute Gasteiger partial charge is 0.356 e. The van der Waals surface area contributed by atoms with Crippen molar-refractivity contribution in [1.29, 1.82) is 0 Å². The van der Waals surface area contributed by atoms with E-state index >= 15 is 0 Å². The van der Waals surface area contributed by atoms with Crippen molar-refractivity contribution in [3.63, 3.8) is 0 Å². The van der Waals surface area contributed by atoms with Gasteiger partial charge in [0.15, 0.2) is 17.4 Å². The molecule has 0 unspecified atom stereocenters. The lowest BCUT2D eigenvalue weighted by Crippen LogP contribution is -2.59. The number of ether oxygens (including phenoxy) is 4. The number of methoxy groups -OCH3 is 2. The van der Waals surface area contributed by atoms with E-state index in [1.807, 2.05) is 0 Å². The quantitative estimate of drug-likeness (QED) is 0.498. The minimum absolute atomic E-state index is 0.131. The van der Waals surface area contributed by atoms with Gasteiger partial charge in [0.25, 0.3) is 0 Å². The Morgan fingerprint density at radius 1 is 1.21 bits per heavy atom. The summed E-state index contributed by atoms with van der Waals surface area (Å²) in [6, 6.07) is 0. The molecule has 6 atom stereocenters. The zero-order chi connectivity index (χ0) is 20.2. The monoisotopic (exact) mass is 395 g/mol. The SMILES string of the molecule is CCOC(=O)C1=C[C@H]2C(F)=C[C@@H]1[C@]13ON=C(C(=O)OC)[C@H]1[C@@H](C(=O)OC)O[C@H]23. The second-order valence-corrected chi connectivity index (χ2v) is 6.79. The van der Waals surface area contributed by atoms with E-state index in [4.69, 9.17) is 23.8 Å². The van der Waals surface area contributed by atoms with Crippen LogP contribution in [-0.4, -0.2) is 62.3 Å². The van der Waals surface area contributed by atoms with Gasteiger partial charge in [-0.05, 0) is 13.0 Å². The maximum atomic E-state index is 14.6. The van der Waals surface area contributed by atoms with Crippen molar-refractivity contribution in [2.24, 2.45) is 22.9 Å². The first kappa shape index (κ1) is 18.6. The van der Waals surface area contributed by atoms with Crippen molar-refractivity contribution in [3.05, 3.63) is 23.6 Å². The fraction of sp³-hybridized carbons (Fsp3) is 0.556. The molecule has 0 N–H and O–H groups in total. The molecule has 0 aromatic heterocycles. The van der Waals surface area contributed by atoms with Crippen molar-refractivity contribution in [1.82, 2.24) is 0 Å². The summed E-state index contributed by atoms with van der Waals surface area (Å²) in [7, 11) is 2.33. The summed E-state index contributed by atoms with van der Waals surface area (Å²) in [5, 5.41) is 3.84. The molecule has 0 aromatic carbocycles. The molecule has 2 bridgehead atoms. The molecule has 9 nitrogen and oxygen atoms in total. The number of oxime groups is 1. The number of rotatable bonds is 4.